The molecule has 1 saturated heterocycles. The number of ether oxygens (including phenoxy) is 1. The van der Waals surface area contributed by atoms with Crippen LogP contribution in [0, 0.1) is 5.92 Å². The molecular formula is C30H36F6N6O4S. The van der Waals surface area contributed by atoms with Crippen LogP contribution in [-0.2, 0) is 33.2 Å². The number of amides is 1. The SMILES string of the molecule is CCCCN(CCOC)Cc1sc(NC(=O)C2=CNC(N3CCC(C(=O)O)CC3)C=N2)nc1-c1cc(C(F)(F)F)cc(C(F)(F)F)c1. The van der Waals surface area contributed by atoms with Gasteiger partial charge in [0.15, 0.2) is 5.13 Å². The Morgan fingerprint density at radius 1 is 1.11 bits per heavy atom. The van der Waals surface area contributed by atoms with Crippen LogP contribution in [-0.4, -0.2) is 84.0 Å². The Morgan fingerprint density at radius 3 is 2.30 bits per heavy atom. The fourth-order valence-electron chi connectivity index (χ4n) is 5.21. The predicted molar refractivity (Wildman–Crippen MR) is 164 cm³/mol. The molecule has 17 heteroatoms. The van der Waals surface area contributed by atoms with Gasteiger partial charge in [-0.1, -0.05) is 24.7 Å². The fourth-order valence-corrected chi connectivity index (χ4v) is 6.23. The van der Waals surface area contributed by atoms with E-state index in [9.17, 15) is 41.0 Å². The van der Waals surface area contributed by atoms with E-state index in [1.807, 2.05) is 16.7 Å². The molecule has 0 aliphatic carbocycles. The van der Waals surface area contributed by atoms with Crippen molar-refractivity contribution in [2.75, 3.05) is 45.2 Å². The van der Waals surface area contributed by atoms with Gasteiger partial charge in [0.05, 0.1) is 29.3 Å². The second-order valence-electron chi connectivity index (χ2n) is 11.2. The minimum Gasteiger partial charge on any atom is -0.481 e. The van der Waals surface area contributed by atoms with Crippen LogP contribution >= 0.6 is 11.3 Å². The normalized spacial score (nSPS) is 17.9. The molecule has 4 rings (SSSR count). The second-order valence-corrected chi connectivity index (χ2v) is 12.3. The molecule has 0 bridgehead atoms. The van der Waals surface area contributed by atoms with Gasteiger partial charge in [-0.25, -0.2) is 4.98 Å². The van der Waals surface area contributed by atoms with Crippen LogP contribution in [0.3, 0.4) is 0 Å². The lowest BCUT2D eigenvalue weighted by Crippen LogP contribution is -2.50. The van der Waals surface area contributed by atoms with Crippen LogP contribution in [0.15, 0.2) is 35.1 Å². The standard InChI is InChI=1S/C30H36F6N6O4S/c1-3-4-7-41(10-11-46-2)17-23-25(19-12-20(29(31,32)33)14-21(13-19)30(34,35)36)39-28(47-23)40-26(43)22-15-38-24(16-37-22)42-8-5-18(6-9-42)27(44)45/h12-16,18,24,38H,3-11,17H2,1-2H3,(H,44,45)(H,39,40,43). The molecule has 2 aromatic rings. The predicted octanol–water partition coefficient (Wildman–Crippen LogP) is 5.67. The topological polar surface area (TPSA) is 119 Å². The number of nitrogens with zero attached hydrogens (tertiary/aromatic N) is 4. The average Bonchev–Trinajstić information content (AvgIpc) is 3.43. The molecule has 1 amide bonds. The van der Waals surface area contributed by atoms with Gasteiger partial charge in [0, 0.05) is 56.1 Å². The van der Waals surface area contributed by atoms with Crippen molar-refractivity contribution in [2.24, 2.45) is 10.9 Å². The van der Waals surface area contributed by atoms with Crippen molar-refractivity contribution >= 4 is 34.6 Å². The summed E-state index contributed by atoms with van der Waals surface area (Å²) in [5, 5.41) is 14.8. The molecule has 2 aliphatic heterocycles. The summed E-state index contributed by atoms with van der Waals surface area (Å²) in [6, 6.07) is 1.32. The highest BCUT2D eigenvalue weighted by Crippen LogP contribution is 2.41. The summed E-state index contributed by atoms with van der Waals surface area (Å²) in [6.45, 7) is 4.57. The number of carboxylic acids is 1. The maximum atomic E-state index is 13.7. The second kappa shape index (κ2) is 15.6. The third-order valence-corrected chi connectivity index (χ3v) is 8.79. The van der Waals surface area contributed by atoms with Gasteiger partial charge in [0.25, 0.3) is 5.91 Å². The van der Waals surface area contributed by atoms with Gasteiger partial charge in [-0.05, 0) is 44.0 Å². The number of halogens is 6. The van der Waals surface area contributed by atoms with Crippen LogP contribution in [0.2, 0.25) is 0 Å². The first kappa shape index (κ1) is 36.3. The van der Waals surface area contributed by atoms with Crippen LogP contribution in [0.5, 0.6) is 0 Å². The zero-order chi connectivity index (χ0) is 34.4. The Kier molecular flexibility index (Phi) is 12.0. The minimum absolute atomic E-state index is 0.0249. The Balaban J connectivity index is 1.60. The summed E-state index contributed by atoms with van der Waals surface area (Å²) < 4.78 is 87.4. The lowest BCUT2D eigenvalue weighted by atomic mass is 9.97. The van der Waals surface area contributed by atoms with Gasteiger partial charge < -0.3 is 15.2 Å². The molecule has 1 aromatic carbocycles. The number of aliphatic carboxylic acids is 1. The first-order chi connectivity index (χ1) is 22.2. The molecular weight excluding hydrogens is 654 g/mol. The van der Waals surface area contributed by atoms with Crippen molar-refractivity contribution in [3.8, 4) is 11.3 Å². The molecule has 0 saturated carbocycles. The highest BCUT2D eigenvalue weighted by atomic mass is 32.1. The number of anilines is 1. The molecule has 47 heavy (non-hydrogen) atoms. The summed E-state index contributed by atoms with van der Waals surface area (Å²) in [5.74, 6) is -1.93. The number of carboxylic acid groups (broad SMARTS) is 1. The number of hydrogen-bond donors (Lipinski definition) is 3. The van der Waals surface area contributed by atoms with Crippen molar-refractivity contribution in [1.29, 1.82) is 0 Å². The summed E-state index contributed by atoms with van der Waals surface area (Å²) in [5.41, 5.74) is -3.45. The lowest BCUT2D eigenvalue weighted by Gasteiger charge is -2.35. The summed E-state index contributed by atoms with van der Waals surface area (Å²) in [6.07, 6.45) is -4.95. The molecule has 1 fully saturated rings. The molecule has 0 radical (unpaired) electrons. The van der Waals surface area contributed by atoms with Crippen molar-refractivity contribution in [1.82, 2.24) is 20.1 Å². The zero-order valence-corrected chi connectivity index (χ0v) is 26.6. The van der Waals surface area contributed by atoms with Crippen LogP contribution < -0.4 is 10.6 Å². The highest BCUT2D eigenvalue weighted by Gasteiger charge is 2.38. The summed E-state index contributed by atoms with van der Waals surface area (Å²) in [7, 11) is 1.52. The number of piperidine rings is 1. The van der Waals surface area contributed by atoms with Gasteiger partial charge in [0.1, 0.15) is 11.9 Å². The van der Waals surface area contributed by atoms with Crippen molar-refractivity contribution in [3.63, 3.8) is 0 Å². The zero-order valence-electron chi connectivity index (χ0n) is 25.7. The number of carbonyl (C=O) groups excluding carboxylic acids is 1. The van der Waals surface area contributed by atoms with E-state index in [0.717, 1.165) is 24.2 Å². The van der Waals surface area contributed by atoms with Crippen molar-refractivity contribution in [3.05, 3.63) is 46.1 Å². The Bertz CT molecular complexity index is 1430. The molecule has 3 heterocycles. The molecule has 0 spiro atoms. The average molecular weight is 691 g/mol. The van der Waals surface area contributed by atoms with Crippen LogP contribution in [0.1, 0.15) is 48.6 Å². The van der Waals surface area contributed by atoms with Crippen LogP contribution in [0.25, 0.3) is 11.3 Å². The van der Waals surface area contributed by atoms with E-state index >= 15 is 0 Å². The van der Waals surface area contributed by atoms with E-state index in [1.165, 1.54) is 19.5 Å². The Morgan fingerprint density at radius 2 is 1.77 bits per heavy atom. The van der Waals surface area contributed by atoms with Crippen LogP contribution in [0.4, 0.5) is 31.5 Å². The smallest absolute Gasteiger partial charge is 0.416 e. The number of unbranched alkanes of at least 4 members (excludes halogenated alkanes) is 1. The number of aliphatic imine (C=N–C) groups is 1. The highest BCUT2D eigenvalue weighted by molar-refractivity contribution is 7.16. The number of thiazole rings is 1. The summed E-state index contributed by atoms with van der Waals surface area (Å²) >= 11 is 0.951. The van der Waals surface area contributed by atoms with E-state index in [1.54, 1.807) is 0 Å². The van der Waals surface area contributed by atoms with Gasteiger partial charge in [-0.3, -0.25) is 29.7 Å². The first-order valence-corrected chi connectivity index (χ1v) is 15.8. The van der Waals surface area contributed by atoms with E-state index in [4.69, 9.17) is 4.74 Å². The molecule has 2 aliphatic rings. The van der Waals surface area contributed by atoms with E-state index < -0.39 is 41.3 Å². The number of benzene rings is 1. The lowest BCUT2D eigenvalue weighted by molar-refractivity contribution is -0.144. The largest absolute Gasteiger partial charge is 0.481 e. The van der Waals surface area contributed by atoms with Crippen molar-refractivity contribution < 1.29 is 45.8 Å². The number of likely N-dealkylation sites (tertiary alicyclic amines) is 1. The maximum absolute atomic E-state index is 13.7. The first-order valence-electron chi connectivity index (χ1n) is 15.0. The quantitative estimate of drug-likeness (QED) is 0.230. The third kappa shape index (κ3) is 9.74. The van der Waals surface area contributed by atoms with Gasteiger partial charge >= 0.3 is 18.3 Å². The molecule has 1 unspecified atom stereocenters. The third-order valence-electron chi connectivity index (χ3n) is 7.84. The maximum Gasteiger partial charge on any atom is 0.416 e. The number of alkyl halides is 6. The van der Waals surface area contributed by atoms with Gasteiger partial charge in [0.2, 0.25) is 0 Å². The van der Waals surface area contributed by atoms with Gasteiger partial charge in [-0.2, -0.15) is 26.3 Å². The molecule has 1 atom stereocenters. The van der Waals surface area contributed by atoms with Gasteiger partial charge in [-0.15, -0.1) is 0 Å². The van der Waals surface area contributed by atoms with E-state index in [0.29, 0.717) is 62.6 Å². The number of rotatable bonds is 13. The molecule has 3 N–H and O–H groups in total. The molecule has 258 valence electrons. The number of nitrogens with one attached hydrogen (secondary N) is 2. The number of aromatic nitrogens is 1. The number of carbonyl (C=O) groups is 2. The molecule has 1 aromatic heterocycles. The van der Waals surface area contributed by atoms with E-state index in [-0.39, 0.29) is 40.9 Å². The fraction of sp³-hybridized carbons (Fsp3) is 0.533. The minimum atomic E-state index is -5.04. The number of methoxy groups -OCH3 is 1. The summed E-state index contributed by atoms with van der Waals surface area (Å²) in [4.78, 5) is 37.2. The number of hydrogen-bond acceptors (Lipinski definition) is 9. The Hall–Kier alpha value is -3.54. The molecule has 10 nitrogen and oxygen atoms in total. The Labute approximate surface area is 271 Å². The van der Waals surface area contributed by atoms with Crippen molar-refractivity contribution in [2.45, 2.75) is 57.7 Å². The van der Waals surface area contributed by atoms with E-state index in [2.05, 4.69) is 20.6 Å². The monoisotopic (exact) mass is 690 g/mol.